The first-order valence-electron chi connectivity index (χ1n) is 6.84. The van der Waals surface area contributed by atoms with Crippen LogP contribution in [0.15, 0.2) is 22.7 Å². The molecule has 0 bridgehead atoms. The zero-order valence-electron chi connectivity index (χ0n) is 12.1. The third-order valence-corrected chi connectivity index (χ3v) is 3.47. The number of carbonyl (C=O) groups excluding carboxylic acids is 1. The largest absolute Gasteiger partial charge is 0.496 e. The van der Waals surface area contributed by atoms with Crippen molar-refractivity contribution >= 4 is 21.8 Å². The highest BCUT2D eigenvalue weighted by atomic mass is 79.9. The van der Waals surface area contributed by atoms with Gasteiger partial charge in [0.05, 0.1) is 11.6 Å². The molecule has 1 aromatic carbocycles. The van der Waals surface area contributed by atoms with E-state index in [1.807, 2.05) is 25.1 Å². The van der Waals surface area contributed by atoms with E-state index >= 15 is 0 Å². The van der Waals surface area contributed by atoms with Crippen molar-refractivity contribution in [2.45, 2.75) is 26.2 Å². The van der Waals surface area contributed by atoms with Crippen molar-refractivity contribution in [2.75, 3.05) is 26.9 Å². The number of methoxy groups -OCH3 is 1. The predicted molar refractivity (Wildman–Crippen MR) is 83.1 cm³/mol. The molecule has 0 saturated carbocycles. The Balaban J connectivity index is 2.25. The summed E-state index contributed by atoms with van der Waals surface area (Å²) in [6.07, 6.45) is 2.07. The SMILES string of the molecule is CCOCCCNC(=O)CCc1ccc(OC)c(Br)c1. The van der Waals surface area contributed by atoms with Crippen molar-refractivity contribution in [1.82, 2.24) is 5.32 Å². The molecular formula is C15H22BrNO3. The molecule has 4 nitrogen and oxygen atoms in total. The fraction of sp³-hybridized carbons (Fsp3) is 0.533. The maximum absolute atomic E-state index is 11.7. The zero-order chi connectivity index (χ0) is 14.8. The first-order valence-corrected chi connectivity index (χ1v) is 7.63. The molecule has 1 rings (SSSR count). The third kappa shape index (κ3) is 6.39. The number of carbonyl (C=O) groups is 1. The summed E-state index contributed by atoms with van der Waals surface area (Å²) >= 11 is 3.44. The number of halogens is 1. The average Bonchev–Trinajstić information content (AvgIpc) is 2.45. The first-order chi connectivity index (χ1) is 9.67. The molecule has 1 amide bonds. The van der Waals surface area contributed by atoms with E-state index in [-0.39, 0.29) is 5.91 Å². The second-order valence-corrected chi connectivity index (χ2v) is 5.22. The van der Waals surface area contributed by atoms with E-state index in [4.69, 9.17) is 9.47 Å². The quantitative estimate of drug-likeness (QED) is 0.701. The van der Waals surface area contributed by atoms with E-state index in [0.717, 1.165) is 35.2 Å². The van der Waals surface area contributed by atoms with E-state index in [2.05, 4.69) is 21.2 Å². The van der Waals surface area contributed by atoms with Crippen LogP contribution in [0.4, 0.5) is 0 Å². The molecule has 0 saturated heterocycles. The van der Waals surface area contributed by atoms with Crippen LogP contribution < -0.4 is 10.1 Å². The van der Waals surface area contributed by atoms with Gasteiger partial charge in [0.1, 0.15) is 5.75 Å². The predicted octanol–water partition coefficient (Wildman–Crippen LogP) is 2.93. The van der Waals surface area contributed by atoms with Crippen molar-refractivity contribution in [1.29, 1.82) is 0 Å². The smallest absolute Gasteiger partial charge is 0.220 e. The lowest BCUT2D eigenvalue weighted by molar-refractivity contribution is -0.121. The van der Waals surface area contributed by atoms with Gasteiger partial charge in [-0.25, -0.2) is 0 Å². The van der Waals surface area contributed by atoms with Gasteiger partial charge < -0.3 is 14.8 Å². The summed E-state index contributed by atoms with van der Waals surface area (Å²) in [7, 11) is 1.63. The van der Waals surface area contributed by atoms with Gasteiger partial charge in [-0.2, -0.15) is 0 Å². The Morgan fingerprint density at radius 3 is 2.85 bits per heavy atom. The van der Waals surface area contributed by atoms with E-state index in [9.17, 15) is 4.79 Å². The van der Waals surface area contributed by atoms with Gasteiger partial charge in [-0.3, -0.25) is 4.79 Å². The lowest BCUT2D eigenvalue weighted by Crippen LogP contribution is -2.25. The molecule has 0 aliphatic heterocycles. The molecule has 0 spiro atoms. The topological polar surface area (TPSA) is 47.6 Å². The molecule has 0 fully saturated rings. The fourth-order valence-electron chi connectivity index (χ4n) is 1.76. The number of aryl methyl sites for hydroxylation is 1. The van der Waals surface area contributed by atoms with Crippen LogP contribution in [0.1, 0.15) is 25.3 Å². The second-order valence-electron chi connectivity index (χ2n) is 4.37. The molecule has 1 aromatic rings. The number of benzene rings is 1. The highest BCUT2D eigenvalue weighted by Gasteiger charge is 2.04. The lowest BCUT2D eigenvalue weighted by atomic mass is 10.1. The summed E-state index contributed by atoms with van der Waals surface area (Å²) in [6.45, 7) is 4.05. The minimum atomic E-state index is 0.0773. The molecule has 20 heavy (non-hydrogen) atoms. The molecule has 0 unspecified atom stereocenters. The molecule has 112 valence electrons. The number of amides is 1. The molecule has 1 N–H and O–H groups in total. The zero-order valence-corrected chi connectivity index (χ0v) is 13.7. The number of hydrogen-bond acceptors (Lipinski definition) is 3. The Kier molecular flexibility index (Phi) is 8.30. The minimum Gasteiger partial charge on any atom is -0.496 e. The van der Waals surface area contributed by atoms with Gasteiger partial charge in [0, 0.05) is 26.2 Å². The summed E-state index contributed by atoms with van der Waals surface area (Å²) in [4.78, 5) is 11.7. The van der Waals surface area contributed by atoms with Crippen LogP contribution in [0.3, 0.4) is 0 Å². The molecule has 0 aromatic heterocycles. The normalized spacial score (nSPS) is 10.3. The molecule has 0 heterocycles. The van der Waals surface area contributed by atoms with Gasteiger partial charge in [-0.15, -0.1) is 0 Å². The first kappa shape index (κ1) is 17.0. The Morgan fingerprint density at radius 2 is 2.20 bits per heavy atom. The Bertz CT molecular complexity index is 424. The second kappa shape index (κ2) is 9.77. The summed E-state index contributed by atoms with van der Waals surface area (Å²) in [5.74, 6) is 0.877. The molecular weight excluding hydrogens is 322 g/mol. The summed E-state index contributed by atoms with van der Waals surface area (Å²) in [6, 6.07) is 5.87. The highest BCUT2D eigenvalue weighted by molar-refractivity contribution is 9.10. The van der Waals surface area contributed by atoms with Crippen LogP contribution in [-0.2, 0) is 16.0 Å². The van der Waals surface area contributed by atoms with Gasteiger partial charge in [0.25, 0.3) is 0 Å². The molecule has 0 aliphatic carbocycles. The lowest BCUT2D eigenvalue weighted by Gasteiger charge is -2.07. The van der Waals surface area contributed by atoms with Gasteiger partial charge in [0.2, 0.25) is 5.91 Å². The maximum Gasteiger partial charge on any atom is 0.220 e. The van der Waals surface area contributed by atoms with E-state index in [0.29, 0.717) is 19.6 Å². The molecule has 0 aliphatic rings. The van der Waals surface area contributed by atoms with Crippen LogP contribution >= 0.6 is 15.9 Å². The molecule has 5 heteroatoms. The average molecular weight is 344 g/mol. The van der Waals surface area contributed by atoms with E-state index in [1.165, 1.54) is 0 Å². The number of hydrogen-bond donors (Lipinski definition) is 1. The van der Waals surface area contributed by atoms with Gasteiger partial charge in [-0.1, -0.05) is 6.07 Å². The Hall–Kier alpha value is -1.07. The van der Waals surface area contributed by atoms with Gasteiger partial charge in [0.15, 0.2) is 0 Å². The van der Waals surface area contributed by atoms with Gasteiger partial charge in [-0.05, 0) is 53.4 Å². The summed E-state index contributed by atoms with van der Waals surface area (Å²) < 4.78 is 11.3. The third-order valence-electron chi connectivity index (χ3n) is 2.85. The highest BCUT2D eigenvalue weighted by Crippen LogP contribution is 2.25. The van der Waals surface area contributed by atoms with Crippen molar-refractivity contribution in [2.24, 2.45) is 0 Å². The van der Waals surface area contributed by atoms with Crippen molar-refractivity contribution in [3.05, 3.63) is 28.2 Å². The standard InChI is InChI=1S/C15H22BrNO3/c1-3-20-10-4-9-17-15(18)8-6-12-5-7-14(19-2)13(16)11-12/h5,7,11H,3-4,6,8-10H2,1-2H3,(H,17,18). The van der Waals surface area contributed by atoms with E-state index < -0.39 is 0 Å². The van der Waals surface area contributed by atoms with Crippen molar-refractivity contribution in [3.8, 4) is 5.75 Å². The summed E-state index contributed by atoms with van der Waals surface area (Å²) in [5.41, 5.74) is 1.11. The monoisotopic (exact) mass is 343 g/mol. The van der Waals surface area contributed by atoms with Crippen molar-refractivity contribution < 1.29 is 14.3 Å². The van der Waals surface area contributed by atoms with Crippen LogP contribution in [0.5, 0.6) is 5.75 Å². The van der Waals surface area contributed by atoms with Crippen LogP contribution in [0, 0.1) is 0 Å². The van der Waals surface area contributed by atoms with E-state index in [1.54, 1.807) is 7.11 Å². The van der Waals surface area contributed by atoms with Crippen molar-refractivity contribution in [3.63, 3.8) is 0 Å². The number of nitrogens with one attached hydrogen (secondary N) is 1. The Morgan fingerprint density at radius 1 is 1.40 bits per heavy atom. The molecule has 0 radical (unpaired) electrons. The number of rotatable bonds is 9. The Labute approximate surface area is 129 Å². The fourth-order valence-corrected chi connectivity index (χ4v) is 2.35. The van der Waals surface area contributed by atoms with Crippen LogP contribution in [0.2, 0.25) is 0 Å². The summed E-state index contributed by atoms with van der Waals surface area (Å²) in [5, 5.41) is 2.89. The minimum absolute atomic E-state index is 0.0773. The van der Waals surface area contributed by atoms with Crippen LogP contribution in [0.25, 0.3) is 0 Å². The van der Waals surface area contributed by atoms with Gasteiger partial charge >= 0.3 is 0 Å². The number of ether oxygens (including phenoxy) is 2. The maximum atomic E-state index is 11.7. The molecule has 0 atom stereocenters. The van der Waals surface area contributed by atoms with Crippen LogP contribution in [-0.4, -0.2) is 32.8 Å².